The zero-order valence-electron chi connectivity index (χ0n) is 15.5. The van der Waals surface area contributed by atoms with Crippen LogP contribution in [0.25, 0.3) is 0 Å². The van der Waals surface area contributed by atoms with Crippen LogP contribution in [0, 0.1) is 6.92 Å². The van der Waals surface area contributed by atoms with Gasteiger partial charge in [0.2, 0.25) is 0 Å². The molecule has 1 aliphatic heterocycles. The molecule has 0 aliphatic carbocycles. The van der Waals surface area contributed by atoms with Crippen LogP contribution in [0.1, 0.15) is 34.7 Å². The van der Waals surface area contributed by atoms with Gasteiger partial charge in [0.25, 0.3) is 5.91 Å². The van der Waals surface area contributed by atoms with E-state index in [1.165, 1.54) is 12.3 Å². The van der Waals surface area contributed by atoms with Crippen LogP contribution in [0.15, 0.2) is 24.4 Å². The van der Waals surface area contributed by atoms with Crippen LogP contribution in [-0.4, -0.2) is 51.8 Å². The molecule has 146 valence electrons. The lowest BCUT2D eigenvalue weighted by atomic mass is 10.0. The van der Waals surface area contributed by atoms with Gasteiger partial charge in [-0.2, -0.15) is 18.3 Å². The van der Waals surface area contributed by atoms with E-state index in [2.05, 4.69) is 10.1 Å². The molecule has 0 aromatic carbocycles. The molecule has 3 rings (SSSR count). The van der Waals surface area contributed by atoms with Gasteiger partial charge in [0.05, 0.1) is 11.9 Å². The Balaban J connectivity index is 1.60. The maximum atomic E-state index is 12.6. The van der Waals surface area contributed by atoms with Crippen molar-refractivity contribution < 1.29 is 18.0 Å². The van der Waals surface area contributed by atoms with Gasteiger partial charge in [0.1, 0.15) is 5.69 Å². The summed E-state index contributed by atoms with van der Waals surface area (Å²) in [6.07, 6.45) is -1.71. The Morgan fingerprint density at radius 3 is 2.41 bits per heavy atom. The maximum absolute atomic E-state index is 12.6. The molecule has 27 heavy (non-hydrogen) atoms. The van der Waals surface area contributed by atoms with Gasteiger partial charge in [-0.15, -0.1) is 0 Å². The summed E-state index contributed by atoms with van der Waals surface area (Å²) in [5.41, 5.74) is 1.11. The molecule has 0 saturated carbocycles. The molecule has 0 N–H and O–H groups in total. The zero-order valence-corrected chi connectivity index (χ0v) is 15.5. The van der Waals surface area contributed by atoms with E-state index in [-0.39, 0.29) is 11.9 Å². The normalized spacial score (nSPS) is 15.9. The topological polar surface area (TPSA) is 54.3 Å². The highest BCUT2D eigenvalue weighted by Crippen LogP contribution is 2.29. The molecule has 1 saturated heterocycles. The first-order valence-electron chi connectivity index (χ1n) is 8.73. The van der Waals surface area contributed by atoms with Gasteiger partial charge in [0, 0.05) is 38.9 Å². The van der Waals surface area contributed by atoms with Gasteiger partial charge < -0.3 is 9.80 Å². The first-order valence-corrected chi connectivity index (χ1v) is 8.73. The van der Waals surface area contributed by atoms with Crippen LogP contribution in [-0.2, 0) is 13.2 Å². The largest absolute Gasteiger partial charge is 0.433 e. The molecule has 0 bridgehead atoms. The van der Waals surface area contributed by atoms with Crippen molar-refractivity contribution in [3.8, 4) is 0 Å². The molecule has 9 heteroatoms. The quantitative estimate of drug-likeness (QED) is 0.821. The third kappa shape index (κ3) is 4.06. The van der Waals surface area contributed by atoms with Crippen molar-refractivity contribution in [3.63, 3.8) is 0 Å². The number of pyridine rings is 1. The van der Waals surface area contributed by atoms with Crippen LogP contribution in [0.4, 0.5) is 18.9 Å². The van der Waals surface area contributed by atoms with E-state index < -0.39 is 11.9 Å². The molecule has 0 radical (unpaired) electrons. The highest BCUT2D eigenvalue weighted by atomic mass is 19.4. The average Bonchev–Trinajstić information content (AvgIpc) is 2.99. The summed E-state index contributed by atoms with van der Waals surface area (Å²) in [6, 6.07) is 4.28. The van der Waals surface area contributed by atoms with Crippen molar-refractivity contribution in [3.05, 3.63) is 41.5 Å². The van der Waals surface area contributed by atoms with Gasteiger partial charge in [0.15, 0.2) is 5.69 Å². The lowest BCUT2D eigenvalue weighted by Crippen LogP contribution is -2.45. The number of carbonyl (C=O) groups excluding carboxylic acids is 1. The van der Waals surface area contributed by atoms with Crippen molar-refractivity contribution in [2.45, 2.75) is 32.0 Å². The number of piperidine rings is 1. The Kier molecular flexibility index (Phi) is 5.12. The first-order chi connectivity index (χ1) is 12.7. The summed E-state index contributed by atoms with van der Waals surface area (Å²) in [6.45, 7) is 3.19. The number of rotatable bonds is 3. The van der Waals surface area contributed by atoms with E-state index in [4.69, 9.17) is 0 Å². The second-order valence-electron chi connectivity index (χ2n) is 6.83. The average molecular weight is 381 g/mol. The molecule has 1 fully saturated rings. The number of hydrogen-bond donors (Lipinski definition) is 0. The molecule has 0 atom stereocenters. The number of hydrogen-bond acceptors (Lipinski definition) is 4. The number of amides is 1. The van der Waals surface area contributed by atoms with Crippen molar-refractivity contribution in [2.24, 2.45) is 7.05 Å². The third-order valence-electron chi connectivity index (χ3n) is 5.07. The molecule has 2 aromatic rings. The fraction of sp³-hybridized carbons (Fsp3) is 0.500. The van der Waals surface area contributed by atoms with Crippen molar-refractivity contribution in [1.82, 2.24) is 19.7 Å². The molecule has 0 spiro atoms. The van der Waals surface area contributed by atoms with Gasteiger partial charge >= 0.3 is 6.18 Å². The standard InChI is InChI=1S/C18H22F3N5O/c1-12-10-15(23-25(12)3)17(27)24(2)13-6-8-26(9-7-13)14-4-5-16(22-11-14)18(19,20)21/h4-5,10-11,13H,6-9H2,1-3H3. The Hall–Kier alpha value is -2.58. The molecule has 3 heterocycles. The minimum atomic E-state index is -4.43. The molecule has 1 amide bonds. The second-order valence-corrected chi connectivity index (χ2v) is 6.83. The van der Waals surface area contributed by atoms with Gasteiger partial charge in [-0.3, -0.25) is 9.48 Å². The van der Waals surface area contributed by atoms with Crippen LogP contribution < -0.4 is 4.90 Å². The highest BCUT2D eigenvalue weighted by molar-refractivity contribution is 5.92. The lowest BCUT2D eigenvalue weighted by molar-refractivity contribution is -0.141. The van der Waals surface area contributed by atoms with E-state index in [1.54, 1.807) is 29.7 Å². The third-order valence-corrected chi connectivity index (χ3v) is 5.07. The van der Waals surface area contributed by atoms with E-state index in [9.17, 15) is 18.0 Å². The summed E-state index contributed by atoms with van der Waals surface area (Å²) in [5.74, 6) is -0.117. The monoisotopic (exact) mass is 381 g/mol. The lowest BCUT2D eigenvalue weighted by Gasteiger charge is -2.37. The van der Waals surface area contributed by atoms with Crippen LogP contribution >= 0.6 is 0 Å². The smallest absolute Gasteiger partial charge is 0.370 e. The van der Waals surface area contributed by atoms with Crippen LogP contribution in [0.2, 0.25) is 0 Å². The Morgan fingerprint density at radius 2 is 1.93 bits per heavy atom. The summed E-state index contributed by atoms with van der Waals surface area (Å²) >= 11 is 0. The summed E-state index contributed by atoms with van der Waals surface area (Å²) in [4.78, 5) is 19.8. The zero-order chi connectivity index (χ0) is 19.8. The van der Waals surface area contributed by atoms with E-state index in [0.717, 1.165) is 24.6 Å². The number of aryl methyl sites for hydroxylation is 2. The highest BCUT2D eigenvalue weighted by Gasteiger charge is 2.32. The van der Waals surface area contributed by atoms with E-state index in [0.29, 0.717) is 24.5 Å². The number of nitrogens with zero attached hydrogens (tertiary/aromatic N) is 5. The van der Waals surface area contributed by atoms with Crippen LogP contribution in [0.5, 0.6) is 0 Å². The number of aromatic nitrogens is 3. The molecule has 0 unspecified atom stereocenters. The second kappa shape index (κ2) is 7.21. The molecular formula is C18H22F3N5O. The fourth-order valence-electron chi connectivity index (χ4n) is 3.26. The summed E-state index contributed by atoms with van der Waals surface area (Å²) in [7, 11) is 3.56. The predicted molar refractivity (Wildman–Crippen MR) is 94.5 cm³/mol. The van der Waals surface area contributed by atoms with E-state index >= 15 is 0 Å². The minimum absolute atomic E-state index is 0.0680. The Labute approximate surface area is 155 Å². The number of carbonyl (C=O) groups is 1. The van der Waals surface area contributed by atoms with Crippen molar-refractivity contribution in [1.29, 1.82) is 0 Å². The van der Waals surface area contributed by atoms with Gasteiger partial charge in [-0.1, -0.05) is 0 Å². The summed E-state index contributed by atoms with van der Waals surface area (Å²) < 4.78 is 39.5. The molecule has 2 aromatic heterocycles. The molecule has 1 aliphatic rings. The minimum Gasteiger partial charge on any atom is -0.370 e. The molecule has 6 nitrogen and oxygen atoms in total. The van der Waals surface area contributed by atoms with Gasteiger partial charge in [-0.25, -0.2) is 4.98 Å². The fourth-order valence-corrected chi connectivity index (χ4v) is 3.26. The SMILES string of the molecule is Cc1cc(C(=O)N(C)C2CCN(c3ccc(C(F)(F)F)nc3)CC2)nn1C. The number of halogens is 3. The van der Waals surface area contributed by atoms with Crippen molar-refractivity contribution in [2.75, 3.05) is 25.0 Å². The maximum Gasteiger partial charge on any atom is 0.433 e. The Bertz CT molecular complexity index is 788. The number of alkyl halides is 3. The first kappa shape index (κ1) is 19.2. The van der Waals surface area contributed by atoms with Crippen molar-refractivity contribution >= 4 is 11.6 Å². The van der Waals surface area contributed by atoms with Crippen LogP contribution in [0.3, 0.4) is 0 Å². The molecular weight excluding hydrogens is 359 g/mol. The van der Waals surface area contributed by atoms with Gasteiger partial charge in [-0.05, 0) is 38.0 Å². The Morgan fingerprint density at radius 1 is 1.26 bits per heavy atom. The number of anilines is 1. The summed E-state index contributed by atoms with van der Waals surface area (Å²) in [5, 5.41) is 4.23. The predicted octanol–water partition coefficient (Wildman–Crippen LogP) is 2.88. The van der Waals surface area contributed by atoms with E-state index in [1.807, 2.05) is 11.8 Å².